The van der Waals surface area contributed by atoms with E-state index in [1.807, 2.05) is 23.8 Å². The fourth-order valence-corrected chi connectivity index (χ4v) is 5.24. The number of anilines is 1. The fourth-order valence-electron chi connectivity index (χ4n) is 2.48. The van der Waals surface area contributed by atoms with E-state index in [1.54, 1.807) is 49.4 Å². The van der Waals surface area contributed by atoms with Crippen LogP contribution in [0.1, 0.15) is 25.1 Å². The summed E-state index contributed by atoms with van der Waals surface area (Å²) in [6, 6.07) is 8.45. The molecule has 1 aromatic carbocycles. The molecule has 0 saturated carbocycles. The summed E-state index contributed by atoms with van der Waals surface area (Å²) >= 11 is 3.00. The fraction of sp³-hybridized carbons (Fsp3) is 0.263. The lowest BCUT2D eigenvalue weighted by molar-refractivity contribution is -0.115. The van der Waals surface area contributed by atoms with Crippen molar-refractivity contribution in [2.75, 3.05) is 5.32 Å². The molecule has 0 aliphatic heterocycles. The summed E-state index contributed by atoms with van der Waals surface area (Å²) in [5, 5.41) is 8.02. The molecule has 8 heteroatoms. The Labute approximate surface area is 167 Å². The van der Waals surface area contributed by atoms with Crippen LogP contribution in [0.5, 0.6) is 0 Å². The number of thiophene rings is 1. The molecule has 2 aromatic heterocycles. The lowest BCUT2D eigenvalue weighted by Gasteiger charge is -2.09. The van der Waals surface area contributed by atoms with E-state index in [1.165, 1.54) is 11.3 Å². The molecule has 3 rings (SSSR count). The van der Waals surface area contributed by atoms with Crippen LogP contribution in [0.2, 0.25) is 0 Å². The Morgan fingerprint density at radius 2 is 1.85 bits per heavy atom. The monoisotopic (exact) mass is 420 g/mol. The van der Waals surface area contributed by atoms with Gasteiger partial charge in [0.2, 0.25) is 5.91 Å². The maximum atomic E-state index is 12.4. The van der Waals surface area contributed by atoms with Crippen molar-refractivity contribution in [2.45, 2.75) is 37.3 Å². The molecule has 2 heterocycles. The van der Waals surface area contributed by atoms with E-state index in [2.05, 4.69) is 10.3 Å². The van der Waals surface area contributed by atoms with Crippen molar-refractivity contribution >= 4 is 43.4 Å². The maximum absolute atomic E-state index is 12.4. The van der Waals surface area contributed by atoms with Crippen molar-refractivity contribution < 1.29 is 13.2 Å². The highest BCUT2D eigenvalue weighted by Gasteiger charge is 2.19. The predicted octanol–water partition coefficient (Wildman–Crippen LogP) is 4.54. The number of sulfone groups is 1. The van der Waals surface area contributed by atoms with E-state index in [4.69, 9.17) is 0 Å². The Balaban J connectivity index is 1.70. The lowest BCUT2D eigenvalue weighted by atomic mass is 10.1. The summed E-state index contributed by atoms with van der Waals surface area (Å²) in [4.78, 5) is 17.2. The number of thiazole rings is 1. The van der Waals surface area contributed by atoms with Gasteiger partial charge in [0.25, 0.3) is 0 Å². The minimum Gasteiger partial charge on any atom is -0.317 e. The molecular formula is C19H20N2O3S3. The number of carbonyl (C=O) groups excluding carboxylic acids is 1. The van der Waals surface area contributed by atoms with Crippen molar-refractivity contribution in [1.82, 2.24) is 4.98 Å². The van der Waals surface area contributed by atoms with Gasteiger partial charge in [-0.1, -0.05) is 12.1 Å². The van der Waals surface area contributed by atoms with Gasteiger partial charge in [0, 0.05) is 16.6 Å². The highest BCUT2D eigenvalue weighted by molar-refractivity contribution is 7.92. The molecule has 3 aromatic rings. The molecule has 142 valence electrons. The van der Waals surface area contributed by atoms with Gasteiger partial charge in [-0.25, -0.2) is 13.4 Å². The van der Waals surface area contributed by atoms with Gasteiger partial charge in [0.05, 0.1) is 16.6 Å². The Kier molecular flexibility index (Phi) is 5.78. The van der Waals surface area contributed by atoms with Crippen molar-refractivity contribution in [2.24, 2.45) is 0 Å². The van der Waals surface area contributed by atoms with E-state index >= 15 is 0 Å². The first kappa shape index (κ1) is 19.7. The summed E-state index contributed by atoms with van der Waals surface area (Å²) in [5.74, 6) is -0.147. The third-order valence-corrected chi connectivity index (χ3v) is 8.00. The van der Waals surface area contributed by atoms with Gasteiger partial charge in [0.1, 0.15) is 10.0 Å². The topological polar surface area (TPSA) is 76.1 Å². The zero-order valence-electron chi connectivity index (χ0n) is 15.2. The average molecular weight is 421 g/mol. The van der Waals surface area contributed by atoms with Crippen LogP contribution in [0.15, 0.2) is 46.0 Å². The second-order valence-electron chi connectivity index (χ2n) is 6.42. The molecule has 0 bridgehead atoms. The minimum absolute atomic E-state index is 0.147. The van der Waals surface area contributed by atoms with Gasteiger partial charge >= 0.3 is 0 Å². The Hall–Kier alpha value is -2.03. The highest BCUT2D eigenvalue weighted by Crippen LogP contribution is 2.35. The molecule has 1 amide bonds. The second kappa shape index (κ2) is 7.92. The molecule has 0 radical (unpaired) electrons. The van der Waals surface area contributed by atoms with Gasteiger partial charge in [-0.2, -0.15) is 0 Å². The number of aryl methyl sites for hydroxylation is 1. The molecule has 0 aliphatic rings. The number of hydrogen-bond donors (Lipinski definition) is 1. The normalized spacial score (nSPS) is 11.7. The van der Waals surface area contributed by atoms with Crippen molar-refractivity contribution in [3.8, 4) is 10.6 Å². The number of aromatic nitrogens is 1. The minimum atomic E-state index is -3.30. The Morgan fingerprint density at radius 1 is 1.15 bits per heavy atom. The lowest BCUT2D eigenvalue weighted by Crippen LogP contribution is -2.15. The number of rotatable bonds is 6. The van der Waals surface area contributed by atoms with Crippen LogP contribution < -0.4 is 5.32 Å². The Bertz CT molecular complexity index is 1050. The largest absolute Gasteiger partial charge is 0.317 e. The standard InChI is InChI=1S/C19H20N2O3S3/c1-12(2)27(23,24)15-6-4-14(5-7-15)10-17(22)21-19-16(8-9-25-19)18-20-13(3)11-26-18/h4-9,11-12H,10H2,1-3H3,(H,21,22). The number of carbonyl (C=O) groups is 1. The molecule has 5 nitrogen and oxygen atoms in total. The van der Waals surface area contributed by atoms with E-state index in [9.17, 15) is 13.2 Å². The third kappa shape index (κ3) is 4.45. The molecule has 0 aliphatic carbocycles. The summed E-state index contributed by atoms with van der Waals surface area (Å²) in [6.07, 6.45) is 0.177. The molecule has 0 atom stereocenters. The smallest absolute Gasteiger partial charge is 0.229 e. The van der Waals surface area contributed by atoms with Crippen LogP contribution >= 0.6 is 22.7 Å². The van der Waals surface area contributed by atoms with Crippen LogP contribution in [-0.2, 0) is 21.1 Å². The predicted molar refractivity (Wildman–Crippen MR) is 111 cm³/mol. The van der Waals surface area contributed by atoms with Crippen molar-refractivity contribution in [3.05, 3.63) is 52.3 Å². The molecule has 0 fully saturated rings. The first-order valence-corrected chi connectivity index (χ1v) is 11.7. The zero-order chi connectivity index (χ0) is 19.6. The summed E-state index contributed by atoms with van der Waals surface area (Å²) in [6.45, 7) is 5.24. The van der Waals surface area contributed by atoms with Gasteiger partial charge in [-0.05, 0) is 49.9 Å². The van der Waals surface area contributed by atoms with Crippen molar-refractivity contribution in [3.63, 3.8) is 0 Å². The number of hydrogen-bond acceptors (Lipinski definition) is 6. The highest BCUT2D eigenvalue weighted by atomic mass is 32.2. The van der Waals surface area contributed by atoms with Crippen LogP contribution in [-0.4, -0.2) is 24.6 Å². The summed E-state index contributed by atoms with van der Waals surface area (Å²) in [5.41, 5.74) is 2.64. The SMILES string of the molecule is Cc1csc(-c2ccsc2NC(=O)Cc2ccc(S(=O)(=O)C(C)C)cc2)n1. The van der Waals surface area contributed by atoms with Gasteiger partial charge < -0.3 is 5.32 Å². The van der Waals surface area contributed by atoms with E-state index in [-0.39, 0.29) is 17.2 Å². The van der Waals surface area contributed by atoms with Gasteiger partial charge in [0.15, 0.2) is 9.84 Å². The average Bonchev–Trinajstić information content (AvgIpc) is 3.23. The Morgan fingerprint density at radius 3 is 2.44 bits per heavy atom. The quantitative estimate of drug-likeness (QED) is 0.635. The van der Waals surface area contributed by atoms with Crippen molar-refractivity contribution in [1.29, 1.82) is 0 Å². The molecule has 0 spiro atoms. The molecule has 27 heavy (non-hydrogen) atoms. The maximum Gasteiger partial charge on any atom is 0.229 e. The van der Waals surface area contributed by atoms with Crippen LogP contribution in [0.25, 0.3) is 10.6 Å². The first-order valence-electron chi connectivity index (χ1n) is 8.40. The number of amides is 1. The van der Waals surface area contributed by atoms with Crippen LogP contribution in [0.4, 0.5) is 5.00 Å². The molecule has 0 unspecified atom stereocenters. The molecule has 1 N–H and O–H groups in total. The summed E-state index contributed by atoms with van der Waals surface area (Å²) in [7, 11) is -3.30. The van der Waals surface area contributed by atoms with E-state index < -0.39 is 15.1 Å². The molecule has 0 saturated heterocycles. The van der Waals surface area contributed by atoms with Gasteiger partial charge in [-0.3, -0.25) is 4.79 Å². The van der Waals surface area contributed by atoms with E-state index in [0.717, 1.165) is 26.8 Å². The second-order valence-corrected chi connectivity index (χ2v) is 10.7. The van der Waals surface area contributed by atoms with Gasteiger partial charge in [-0.15, -0.1) is 22.7 Å². The number of nitrogens with zero attached hydrogens (tertiary/aromatic N) is 1. The van der Waals surface area contributed by atoms with Crippen LogP contribution in [0, 0.1) is 6.92 Å². The summed E-state index contributed by atoms with van der Waals surface area (Å²) < 4.78 is 24.3. The molecular weight excluding hydrogens is 400 g/mol. The number of benzene rings is 1. The first-order chi connectivity index (χ1) is 12.8. The van der Waals surface area contributed by atoms with E-state index in [0.29, 0.717) is 0 Å². The number of nitrogens with one attached hydrogen (secondary N) is 1. The zero-order valence-corrected chi connectivity index (χ0v) is 17.7. The third-order valence-electron chi connectivity index (χ3n) is 4.00. The van der Waals surface area contributed by atoms with Crippen LogP contribution in [0.3, 0.4) is 0 Å².